The second-order valence-corrected chi connectivity index (χ2v) is 4.37. The van der Waals surface area contributed by atoms with E-state index in [-0.39, 0.29) is 15.5 Å². The quantitative estimate of drug-likeness (QED) is 0.567. The highest BCUT2D eigenvalue weighted by atomic mass is 32.2. The van der Waals surface area contributed by atoms with Gasteiger partial charge in [0, 0.05) is 0 Å². The van der Waals surface area contributed by atoms with E-state index in [2.05, 4.69) is 11.7 Å². The molecule has 0 bridgehead atoms. The molecule has 0 N–H and O–H groups in total. The third-order valence-electron chi connectivity index (χ3n) is 1.54. The summed E-state index contributed by atoms with van der Waals surface area (Å²) in [5.41, 5.74) is 0.0535. The highest BCUT2D eigenvalue weighted by Crippen LogP contribution is 2.22. The Morgan fingerprint density at radius 3 is 2.14 bits per heavy atom. The van der Waals surface area contributed by atoms with E-state index in [0.29, 0.717) is 0 Å². The summed E-state index contributed by atoms with van der Waals surface area (Å²) in [5.74, 6) is 0. The minimum atomic E-state index is -2.78. The van der Waals surface area contributed by atoms with Crippen LogP contribution in [0.15, 0.2) is 33.0 Å². The van der Waals surface area contributed by atoms with Crippen LogP contribution in [0.3, 0.4) is 0 Å². The molecule has 0 amide bonds. The maximum absolute atomic E-state index is 10.7. The van der Waals surface area contributed by atoms with Gasteiger partial charge in [0.2, 0.25) is 0 Å². The average Bonchev–Trinajstić information content (AvgIpc) is 2.16. The van der Waals surface area contributed by atoms with Crippen molar-refractivity contribution >= 4 is 33.8 Å². The van der Waals surface area contributed by atoms with Crippen LogP contribution in [0.4, 0.5) is 5.69 Å². The minimum absolute atomic E-state index is 0.0167. The second-order valence-electron chi connectivity index (χ2n) is 2.35. The van der Waals surface area contributed by atoms with Crippen molar-refractivity contribution in [3.8, 4) is 0 Å². The van der Waals surface area contributed by atoms with Gasteiger partial charge in [-0.3, -0.25) is 4.99 Å². The molecule has 1 aromatic carbocycles. The first kappa shape index (κ1) is 10.9. The number of hydrogen-bond donors (Lipinski definition) is 2. The van der Waals surface area contributed by atoms with Crippen molar-refractivity contribution in [2.24, 2.45) is 4.99 Å². The zero-order valence-electron chi connectivity index (χ0n) is 6.91. The molecule has 0 spiro atoms. The van der Waals surface area contributed by atoms with E-state index in [0.717, 1.165) is 0 Å². The zero-order chi connectivity index (χ0) is 10.7. The standard InChI is InChI=1S/C7H7NO4S2/c1-8-6-4-5(13(9)10)2-3-7(6)14(11)12/h2-4,13-14H,1H2. The molecule has 0 unspecified atom stereocenters. The smallest absolute Gasteiger partial charge is 0.170 e. The predicted octanol–water partition coefficient (Wildman–Crippen LogP) is -0.0407. The molecule has 0 aliphatic carbocycles. The van der Waals surface area contributed by atoms with Crippen LogP contribution in [0, 0.1) is 0 Å². The third kappa shape index (κ3) is 2.18. The molecule has 76 valence electrons. The van der Waals surface area contributed by atoms with Crippen LogP contribution in [0.25, 0.3) is 0 Å². The molecule has 1 aromatic rings. The Labute approximate surface area is 84.0 Å². The van der Waals surface area contributed by atoms with Gasteiger partial charge >= 0.3 is 0 Å². The molecule has 1 rings (SSSR count). The predicted molar refractivity (Wildman–Crippen MR) is 52.8 cm³/mol. The van der Waals surface area contributed by atoms with Crippen molar-refractivity contribution in [3.05, 3.63) is 18.2 Å². The molecule has 0 saturated carbocycles. The molecule has 0 heterocycles. The lowest BCUT2D eigenvalue weighted by Crippen LogP contribution is -1.85. The Bertz CT molecular complexity index is 500. The first-order chi connectivity index (χ1) is 6.56. The van der Waals surface area contributed by atoms with Crippen molar-refractivity contribution in [3.63, 3.8) is 0 Å². The fourth-order valence-corrected chi connectivity index (χ4v) is 1.85. The van der Waals surface area contributed by atoms with Gasteiger partial charge in [0.1, 0.15) is 0 Å². The van der Waals surface area contributed by atoms with E-state index in [9.17, 15) is 16.8 Å². The lowest BCUT2D eigenvalue weighted by Gasteiger charge is -1.98. The van der Waals surface area contributed by atoms with Gasteiger partial charge in [0.15, 0.2) is 21.4 Å². The summed E-state index contributed by atoms with van der Waals surface area (Å²) in [6.45, 7) is 3.16. The van der Waals surface area contributed by atoms with Gasteiger partial charge in [-0.1, -0.05) is 0 Å². The number of thiol groups is 2. The Hall–Kier alpha value is -1.21. The summed E-state index contributed by atoms with van der Waals surface area (Å²) in [6.07, 6.45) is 0. The van der Waals surface area contributed by atoms with Crippen molar-refractivity contribution < 1.29 is 16.8 Å². The fourth-order valence-electron chi connectivity index (χ4n) is 0.906. The molecule has 0 aromatic heterocycles. The highest BCUT2D eigenvalue weighted by Gasteiger charge is 2.05. The van der Waals surface area contributed by atoms with Crippen LogP contribution in [-0.4, -0.2) is 23.6 Å². The Balaban J connectivity index is 3.46. The van der Waals surface area contributed by atoms with Crippen LogP contribution < -0.4 is 0 Å². The summed E-state index contributed by atoms with van der Waals surface area (Å²) in [4.78, 5) is 3.42. The molecule has 14 heavy (non-hydrogen) atoms. The number of hydrogen-bond acceptors (Lipinski definition) is 5. The summed E-state index contributed by atoms with van der Waals surface area (Å²) >= 11 is 0. The van der Waals surface area contributed by atoms with E-state index >= 15 is 0 Å². The number of benzene rings is 1. The largest absolute Gasteiger partial charge is 0.263 e. The molecular formula is C7H7NO4S2. The number of rotatable bonds is 3. The molecule has 0 aliphatic heterocycles. The van der Waals surface area contributed by atoms with Crippen molar-refractivity contribution in [1.82, 2.24) is 0 Å². The van der Waals surface area contributed by atoms with Crippen LogP contribution in [0.1, 0.15) is 0 Å². The van der Waals surface area contributed by atoms with E-state index in [1.807, 2.05) is 0 Å². The zero-order valence-corrected chi connectivity index (χ0v) is 8.70. The SMILES string of the molecule is C=Nc1cc([SH](=O)=O)ccc1[SH](=O)=O. The molecule has 0 atom stereocenters. The molecule has 0 fully saturated rings. The maximum atomic E-state index is 10.7. The summed E-state index contributed by atoms with van der Waals surface area (Å²) in [7, 11) is -5.52. The Morgan fingerprint density at radius 1 is 1.07 bits per heavy atom. The van der Waals surface area contributed by atoms with Gasteiger partial charge < -0.3 is 0 Å². The van der Waals surface area contributed by atoms with Gasteiger partial charge in [-0.15, -0.1) is 0 Å². The van der Waals surface area contributed by atoms with E-state index in [1.54, 1.807) is 0 Å². The highest BCUT2D eigenvalue weighted by molar-refractivity contribution is 7.73. The molecule has 0 aliphatic rings. The fraction of sp³-hybridized carbons (Fsp3) is 0. The van der Waals surface area contributed by atoms with Crippen molar-refractivity contribution in [2.45, 2.75) is 9.79 Å². The van der Waals surface area contributed by atoms with Crippen LogP contribution >= 0.6 is 0 Å². The lowest BCUT2D eigenvalue weighted by molar-refractivity contribution is 0.611. The topological polar surface area (TPSA) is 80.6 Å². The third-order valence-corrected chi connectivity index (χ3v) is 3.01. The average molecular weight is 233 g/mol. The first-order valence-electron chi connectivity index (χ1n) is 3.46. The number of nitrogens with zero attached hydrogens (tertiary/aromatic N) is 1. The van der Waals surface area contributed by atoms with Gasteiger partial charge in [-0.2, -0.15) is 0 Å². The molecule has 7 heteroatoms. The van der Waals surface area contributed by atoms with Gasteiger partial charge in [-0.25, -0.2) is 16.8 Å². The molecule has 0 radical (unpaired) electrons. The first-order valence-corrected chi connectivity index (χ1v) is 5.81. The van der Waals surface area contributed by atoms with E-state index < -0.39 is 21.4 Å². The summed E-state index contributed by atoms with van der Waals surface area (Å²) in [5, 5.41) is 0. The van der Waals surface area contributed by atoms with Crippen LogP contribution in [-0.2, 0) is 21.4 Å². The second kappa shape index (κ2) is 4.34. The molecular weight excluding hydrogens is 226 g/mol. The number of aliphatic imine (C=N–C) groups is 1. The van der Waals surface area contributed by atoms with Crippen LogP contribution in [0.5, 0.6) is 0 Å². The Kier molecular flexibility index (Phi) is 3.37. The lowest BCUT2D eigenvalue weighted by atomic mass is 10.3. The minimum Gasteiger partial charge on any atom is -0.263 e. The van der Waals surface area contributed by atoms with Gasteiger partial charge in [-0.05, 0) is 24.9 Å². The van der Waals surface area contributed by atoms with Crippen molar-refractivity contribution in [2.75, 3.05) is 0 Å². The molecule has 0 saturated heterocycles. The normalized spacial score (nSPS) is 10.7. The van der Waals surface area contributed by atoms with Gasteiger partial charge in [0.05, 0.1) is 15.5 Å². The van der Waals surface area contributed by atoms with E-state index in [4.69, 9.17) is 0 Å². The van der Waals surface area contributed by atoms with E-state index in [1.165, 1.54) is 18.2 Å². The van der Waals surface area contributed by atoms with Crippen LogP contribution in [0.2, 0.25) is 0 Å². The maximum Gasteiger partial charge on any atom is 0.170 e. The van der Waals surface area contributed by atoms with Gasteiger partial charge in [0.25, 0.3) is 0 Å². The molecule has 5 nitrogen and oxygen atoms in total. The Morgan fingerprint density at radius 2 is 1.71 bits per heavy atom. The summed E-state index contributed by atoms with van der Waals surface area (Å²) < 4.78 is 42.5. The monoisotopic (exact) mass is 233 g/mol. The van der Waals surface area contributed by atoms with Crippen molar-refractivity contribution in [1.29, 1.82) is 0 Å². The summed E-state index contributed by atoms with van der Waals surface area (Å²) in [6, 6.07) is 3.57.